The smallest absolute Gasteiger partial charge is 0.255 e. The number of amides is 2. The van der Waals surface area contributed by atoms with Gasteiger partial charge in [0.15, 0.2) is 0 Å². The van der Waals surface area contributed by atoms with E-state index in [4.69, 9.17) is 0 Å². The lowest BCUT2D eigenvalue weighted by molar-refractivity contribution is 0.0734. The summed E-state index contributed by atoms with van der Waals surface area (Å²) in [7, 11) is 1.92. The molecule has 174 valence electrons. The van der Waals surface area contributed by atoms with E-state index in [9.17, 15) is 9.59 Å². The van der Waals surface area contributed by atoms with E-state index >= 15 is 0 Å². The molecule has 0 bridgehead atoms. The zero-order valence-electron chi connectivity index (χ0n) is 19.0. The highest BCUT2D eigenvalue weighted by Gasteiger charge is 2.25. The normalized spacial score (nSPS) is 13.3. The molecule has 0 atom stereocenters. The number of aromatic nitrogens is 3. The molecular weight excluding hydrogens is 506 g/mol. The molecule has 0 aliphatic carbocycles. The Morgan fingerprint density at radius 1 is 1.06 bits per heavy atom. The number of carbonyl (C=O) groups excluding carboxylic acids is 2. The van der Waals surface area contributed by atoms with Crippen molar-refractivity contribution in [2.45, 2.75) is 13.0 Å². The SMILES string of the molecule is Cn1cnc2ccc(NC(=O)c3ccc4c(c3)CN(C(=O)c3ccc5cc[nH]c5c3Br)CC4)cc21. The highest BCUT2D eigenvalue weighted by Crippen LogP contribution is 2.29. The molecule has 3 heterocycles. The van der Waals surface area contributed by atoms with Crippen molar-refractivity contribution in [3.63, 3.8) is 0 Å². The van der Waals surface area contributed by atoms with E-state index in [-0.39, 0.29) is 11.8 Å². The monoisotopic (exact) mass is 527 g/mol. The molecule has 0 spiro atoms. The second-order valence-electron chi connectivity index (χ2n) is 8.84. The number of carbonyl (C=O) groups is 2. The van der Waals surface area contributed by atoms with Gasteiger partial charge in [-0.15, -0.1) is 0 Å². The molecule has 0 unspecified atom stereocenters. The van der Waals surface area contributed by atoms with Crippen LogP contribution in [0.4, 0.5) is 5.69 Å². The van der Waals surface area contributed by atoms with Crippen LogP contribution in [-0.4, -0.2) is 37.8 Å². The van der Waals surface area contributed by atoms with Crippen LogP contribution < -0.4 is 5.32 Å². The summed E-state index contributed by atoms with van der Waals surface area (Å²) in [5, 5.41) is 4.04. The third kappa shape index (κ3) is 3.80. The number of rotatable bonds is 3. The molecule has 5 aromatic rings. The molecule has 2 amide bonds. The maximum atomic E-state index is 13.4. The number of hydrogen-bond donors (Lipinski definition) is 2. The lowest BCUT2D eigenvalue weighted by Gasteiger charge is -2.29. The van der Waals surface area contributed by atoms with E-state index in [1.54, 1.807) is 6.33 Å². The van der Waals surface area contributed by atoms with Crippen molar-refractivity contribution in [1.29, 1.82) is 0 Å². The van der Waals surface area contributed by atoms with Crippen molar-refractivity contribution < 1.29 is 9.59 Å². The van der Waals surface area contributed by atoms with Crippen molar-refractivity contribution >= 4 is 55.4 Å². The zero-order chi connectivity index (χ0) is 24.1. The standard InChI is InChI=1S/C27H22BrN5O2/c1-32-15-30-22-7-5-20(13-23(22)32)31-26(34)18-3-2-16-9-11-33(14-19(16)12-18)27(35)21-6-4-17-8-10-29-25(17)24(21)28/h2-8,10,12-13,15,29H,9,11,14H2,1H3,(H,31,34). The number of H-pyrrole nitrogens is 1. The first-order chi connectivity index (χ1) is 17.0. The maximum absolute atomic E-state index is 13.4. The molecule has 0 saturated carbocycles. The Labute approximate surface area is 209 Å². The molecule has 8 heteroatoms. The van der Waals surface area contributed by atoms with Crippen LogP contribution in [-0.2, 0) is 20.0 Å². The van der Waals surface area contributed by atoms with Crippen LogP contribution >= 0.6 is 15.9 Å². The minimum Gasteiger partial charge on any atom is -0.360 e. The largest absolute Gasteiger partial charge is 0.360 e. The first kappa shape index (κ1) is 21.6. The lowest BCUT2D eigenvalue weighted by atomic mass is 9.96. The highest BCUT2D eigenvalue weighted by atomic mass is 79.9. The van der Waals surface area contributed by atoms with E-state index in [1.165, 1.54) is 5.56 Å². The van der Waals surface area contributed by atoms with Crippen LogP contribution in [0.1, 0.15) is 31.8 Å². The summed E-state index contributed by atoms with van der Waals surface area (Å²) >= 11 is 3.60. The van der Waals surface area contributed by atoms with Gasteiger partial charge in [0, 0.05) is 43.0 Å². The summed E-state index contributed by atoms with van der Waals surface area (Å²) in [6.07, 6.45) is 4.37. The second kappa shape index (κ2) is 8.39. The molecule has 35 heavy (non-hydrogen) atoms. The predicted octanol–water partition coefficient (Wildman–Crippen LogP) is 5.27. The fourth-order valence-corrected chi connectivity index (χ4v) is 5.35. The number of halogens is 1. The topological polar surface area (TPSA) is 83.0 Å². The predicted molar refractivity (Wildman–Crippen MR) is 140 cm³/mol. The van der Waals surface area contributed by atoms with Gasteiger partial charge in [0.1, 0.15) is 0 Å². The number of nitrogens with one attached hydrogen (secondary N) is 2. The van der Waals surface area contributed by atoms with E-state index < -0.39 is 0 Å². The third-order valence-corrected chi connectivity index (χ3v) is 7.47. The molecule has 2 N–H and O–H groups in total. The van der Waals surface area contributed by atoms with E-state index in [2.05, 4.69) is 31.2 Å². The number of aromatic amines is 1. The van der Waals surface area contributed by atoms with E-state index in [0.29, 0.717) is 29.9 Å². The summed E-state index contributed by atoms with van der Waals surface area (Å²) in [4.78, 5) is 35.7. The Balaban J connectivity index is 1.23. The Morgan fingerprint density at radius 3 is 2.83 bits per heavy atom. The molecule has 1 aliphatic rings. The molecule has 1 aliphatic heterocycles. The summed E-state index contributed by atoms with van der Waals surface area (Å²) in [6.45, 7) is 1.10. The van der Waals surface area contributed by atoms with Gasteiger partial charge in [0.05, 0.1) is 32.9 Å². The zero-order valence-corrected chi connectivity index (χ0v) is 20.6. The number of anilines is 1. The van der Waals surface area contributed by atoms with Gasteiger partial charge in [0.2, 0.25) is 0 Å². The summed E-state index contributed by atoms with van der Waals surface area (Å²) in [5.41, 5.74) is 6.82. The highest BCUT2D eigenvalue weighted by molar-refractivity contribution is 9.10. The van der Waals surface area contributed by atoms with Gasteiger partial charge in [-0.1, -0.05) is 12.1 Å². The van der Waals surface area contributed by atoms with Crippen LogP contribution in [0.3, 0.4) is 0 Å². The molecule has 3 aromatic carbocycles. The third-order valence-electron chi connectivity index (χ3n) is 6.65. The van der Waals surface area contributed by atoms with Crippen LogP contribution in [0.5, 0.6) is 0 Å². The fourth-order valence-electron chi connectivity index (χ4n) is 4.71. The minimum absolute atomic E-state index is 0.0293. The number of nitrogens with zero attached hydrogens (tertiary/aromatic N) is 3. The molecule has 6 rings (SSSR count). The maximum Gasteiger partial charge on any atom is 0.255 e. The first-order valence-corrected chi connectivity index (χ1v) is 12.2. The van der Waals surface area contributed by atoms with Crippen molar-refractivity contribution in [3.05, 3.63) is 93.8 Å². The van der Waals surface area contributed by atoms with Crippen molar-refractivity contribution in [2.24, 2.45) is 7.05 Å². The van der Waals surface area contributed by atoms with Gasteiger partial charge >= 0.3 is 0 Å². The quantitative estimate of drug-likeness (QED) is 0.335. The number of fused-ring (bicyclic) bond motifs is 3. The Kier molecular flexibility index (Phi) is 5.18. The average Bonchev–Trinajstić information content (AvgIpc) is 3.50. The number of aryl methyl sites for hydroxylation is 1. The molecule has 7 nitrogen and oxygen atoms in total. The van der Waals surface area contributed by atoms with Crippen molar-refractivity contribution in [1.82, 2.24) is 19.4 Å². The minimum atomic E-state index is -0.183. The first-order valence-electron chi connectivity index (χ1n) is 11.4. The number of imidazole rings is 1. The number of hydrogen-bond acceptors (Lipinski definition) is 3. The van der Waals surface area contributed by atoms with Crippen LogP contribution in [0.2, 0.25) is 0 Å². The Bertz CT molecular complexity index is 1630. The average molecular weight is 528 g/mol. The molecular formula is C27H22BrN5O2. The summed E-state index contributed by atoms with van der Waals surface area (Å²) < 4.78 is 2.69. The molecule has 2 aromatic heterocycles. The van der Waals surface area contributed by atoms with Gasteiger partial charge < -0.3 is 19.8 Å². The molecule has 0 saturated heterocycles. The van der Waals surface area contributed by atoms with Crippen molar-refractivity contribution in [3.8, 4) is 0 Å². The van der Waals surface area contributed by atoms with Gasteiger partial charge in [-0.05, 0) is 75.9 Å². The van der Waals surface area contributed by atoms with Gasteiger partial charge in [-0.25, -0.2) is 4.98 Å². The number of benzene rings is 3. The summed E-state index contributed by atoms with van der Waals surface area (Å²) in [6, 6.07) is 17.2. The van der Waals surface area contributed by atoms with E-state index in [1.807, 2.05) is 77.3 Å². The summed E-state index contributed by atoms with van der Waals surface area (Å²) in [5.74, 6) is -0.212. The van der Waals surface area contributed by atoms with Crippen LogP contribution in [0.25, 0.3) is 21.9 Å². The second-order valence-corrected chi connectivity index (χ2v) is 9.64. The van der Waals surface area contributed by atoms with Crippen LogP contribution in [0.15, 0.2) is 71.6 Å². The van der Waals surface area contributed by atoms with Gasteiger partial charge in [-0.3, -0.25) is 9.59 Å². The fraction of sp³-hybridized carbons (Fsp3) is 0.148. The van der Waals surface area contributed by atoms with Gasteiger partial charge in [0.25, 0.3) is 11.8 Å². The Hall–Kier alpha value is -3.91. The lowest BCUT2D eigenvalue weighted by Crippen LogP contribution is -2.36. The van der Waals surface area contributed by atoms with Crippen LogP contribution in [0, 0.1) is 0 Å². The van der Waals surface area contributed by atoms with Gasteiger partial charge in [-0.2, -0.15) is 0 Å². The molecule has 0 radical (unpaired) electrons. The van der Waals surface area contributed by atoms with E-state index in [0.717, 1.165) is 38.4 Å². The Morgan fingerprint density at radius 2 is 1.94 bits per heavy atom. The molecule has 0 fully saturated rings. The van der Waals surface area contributed by atoms with Crippen molar-refractivity contribution in [2.75, 3.05) is 11.9 Å².